The van der Waals surface area contributed by atoms with Crippen LogP contribution in [-0.4, -0.2) is 46.7 Å². The minimum atomic E-state index is 0.333. The van der Waals surface area contributed by atoms with Gasteiger partial charge in [-0.2, -0.15) is 0 Å². The molecule has 3 atom stereocenters. The molecule has 0 spiro atoms. The Balaban J connectivity index is 1.37. The number of pyridine rings is 2. The standard InChI is InChI=1S/C19H24N4O/c1-3-15(11-20-7-1)14-23-9-10-24-19-16(5-6-18(19)23)12-22-17-4-2-8-21-13-17/h1-4,7-8,11,13,16,18-19,22H,5-6,9-10,12,14H2/t16-,18-,19-/m1/s1. The number of nitrogens with one attached hydrogen (secondary N) is 1. The minimum absolute atomic E-state index is 0.333. The highest BCUT2D eigenvalue weighted by atomic mass is 16.5. The van der Waals surface area contributed by atoms with Gasteiger partial charge in [-0.25, -0.2) is 0 Å². The zero-order valence-electron chi connectivity index (χ0n) is 13.8. The van der Waals surface area contributed by atoms with Crippen molar-refractivity contribution in [3.05, 3.63) is 54.6 Å². The van der Waals surface area contributed by atoms with Gasteiger partial charge in [0.05, 0.1) is 18.4 Å². The maximum atomic E-state index is 6.16. The van der Waals surface area contributed by atoms with Crippen molar-refractivity contribution in [1.82, 2.24) is 14.9 Å². The Morgan fingerprint density at radius 1 is 1.12 bits per heavy atom. The minimum Gasteiger partial charge on any atom is -0.383 e. The van der Waals surface area contributed by atoms with E-state index < -0.39 is 0 Å². The molecule has 5 nitrogen and oxygen atoms in total. The predicted octanol–water partition coefficient (Wildman–Crippen LogP) is 2.57. The van der Waals surface area contributed by atoms with Crippen LogP contribution in [0.25, 0.3) is 0 Å². The number of hydrogen-bond acceptors (Lipinski definition) is 5. The largest absolute Gasteiger partial charge is 0.383 e. The number of rotatable bonds is 5. The molecule has 0 amide bonds. The molecule has 2 aliphatic rings. The normalized spacial score (nSPS) is 26.9. The van der Waals surface area contributed by atoms with Gasteiger partial charge in [0.25, 0.3) is 0 Å². The van der Waals surface area contributed by atoms with Crippen molar-refractivity contribution in [3.8, 4) is 0 Å². The van der Waals surface area contributed by atoms with Crippen LogP contribution in [0.2, 0.25) is 0 Å². The van der Waals surface area contributed by atoms with Crippen LogP contribution in [0, 0.1) is 5.92 Å². The smallest absolute Gasteiger partial charge is 0.0775 e. The van der Waals surface area contributed by atoms with Crippen LogP contribution < -0.4 is 5.32 Å². The third-order valence-corrected chi connectivity index (χ3v) is 5.17. The highest BCUT2D eigenvalue weighted by Crippen LogP contribution is 2.35. The Kier molecular flexibility index (Phi) is 4.71. The van der Waals surface area contributed by atoms with Crippen LogP contribution in [0.1, 0.15) is 18.4 Å². The summed E-state index contributed by atoms with van der Waals surface area (Å²) in [6.07, 6.45) is 10.2. The van der Waals surface area contributed by atoms with Gasteiger partial charge in [-0.1, -0.05) is 6.07 Å². The summed E-state index contributed by atoms with van der Waals surface area (Å²) in [5.74, 6) is 0.562. The molecule has 1 saturated heterocycles. The van der Waals surface area contributed by atoms with Gasteiger partial charge in [-0.05, 0) is 36.6 Å². The summed E-state index contributed by atoms with van der Waals surface area (Å²) in [5, 5.41) is 3.51. The molecule has 126 valence electrons. The molecular formula is C19H24N4O. The van der Waals surface area contributed by atoms with E-state index in [2.05, 4.69) is 32.3 Å². The average Bonchev–Trinajstić information content (AvgIpc) is 3.06. The van der Waals surface area contributed by atoms with Crippen molar-refractivity contribution < 1.29 is 4.74 Å². The molecule has 2 aromatic heterocycles. The summed E-state index contributed by atoms with van der Waals surface area (Å²) in [5.41, 5.74) is 2.37. The van der Waals surface area contributed by atoms with Crippen molar-refractivity contribution in [2.24, 2.45) is 5.92 Å². The van der Waals surface area contributed by atoms with E-state index in [4.69, 9.17) is 4.74 Å². The van der Waals surface area contributed by atoms with Gasteiger partial charge in [-0.3, -0.25) is 14.9 Å². The van der Waals surface area contributed by atoms with E-state index in [0.29, 0.717) is 18.1 Å². The first kappa shape index (κ1) is 15.5. The van der Waals surface area contributed by atoms with Crippen LogP contribution in [0.3, 0.4) is 0 Å². The predicted molar refractivity (Wildman–Crippen MR) is 93.6 cm³/mol. The van der Waals surface area contributed by atoms with Crippen LogP contribution in [0.15, 0.2) is 49.1 Å². The van der Waals surface area contributed by atoms with Gasteiger partial charge in [0.1, 0.15) is 0 Å². The van der Waals surface area contributed by atoms with E-state index in [1.54, 1.807) is 6.20 Å². The van der Waals surface area contributed by atoms with E-state index in [0.717, 1.165) is 31.9 Å². The Labute approximate surface area is 143 Å². The topological polar surface area (TPSA) is 50.3 Å². The van der Waals surface area contributed by atoms with Gasteiger partial charge in [0, 0.05) is 56.4 Å². The number of hydrogen-bond donors (Lipinski definition) is 1. The van der Waals surface area contributed by atoms with Gasteiger partial charge in [-0.15, -0.1) is 0 Å². The van der Waals surface area contributed by atoms with Gasteiger partial charge < -0.3 is 10.1 Å². The molecule has 3 heterocycles. The first-order valence-electron chi connectivity index (χ1n) is 8.78. The molecule has 1 aliphatic carbocycles. The molecule has 0 aromatic carbocycles. The average molecular weight is 324 g/mol. The molecule has 24 heavy (non-hydrogen) atoms. The first-order valence-corrected chi connectivity index (χ1v) is 8.78. The monoisotopic (exact) mass is 324 g/mol. The van der Waals surface area contributed by atoms with Crippen LogP contribution in [-0.2, 0) is 11.3 Å². The van der Waals surface area contributed by atoms with Crippen LogP contribution in [0.4, 0.5) is 5.69 Å². The zero-order valence-corrected chi connectivity index (χ0v) is 13.8. The number of morpholine rings is 1. The molecule has 1 saturated carbocycles. The number of ether oxygens (including phenoxy) is 1. The van der Waals surface area contributed by atoms with E-state index in [-0.39, 0.29) is 0 Å². The van der Waals surface area contributed by atoms with Gasteiger partial charge in [0.15, 0.2) is 0 Å². The van der Waals surface area contributed by atoms with Crippen molar-refractivity contribution in [2.45, 2.75) is 31.5 Å². The lowest BCUT2D eigenvalue weighted by Gasteiger charge is -2.39. The lowest BCUT2D eigenvalue weighted by molar-refractivity contribution is -0.0745. The fraction of sp³-hybridized carbons (Fsp3) is 0.474. The highest BCUT2D eigenvalue weighted by molar-refractivity contribution is 5.39. The van der Waals surface area contributed by atoms with E-state index in [9.17, 15) is 0 Å². The molecule has 1 aliphatic heterocycles. The second kappa shape index (κ2) is 7.28. The van der Waals surface area contributed by atoms with Crippen molar-refractivity contribution >= 4 is 5.69 Å². The third-order valence-electron chi connectivity index (χ3n) is 5.17. The Morgan fingerprint density at radius 3 is 2.79 bits per heavy atom. The summed E-state index contributed by atoms with van der Waals surface area (Å²) < 4.78 is 6.16. The van der Waals surface area contributed by atoms with Crippen molar-refractivity contribution in [3.63, 3.8) is 0 Å². The summed E-state index contributed by atoms with van der Waals surface area (Å²) in [4.78, 5) is 11.0. The summed E-state index contributed by atoms with van der Waals surface area (Å²) in [6, 6.07) is 8.73. The van der Waals surface area contributed by atoms with Crippen LogP contribution in [0.5, 0.6) is 0 Å². The Hall–Kier alpha value is -1.98. The molecule has 2 aromatic rings. The van der Waals surface area contributed by atoms with Gasteiger partial charge in [0.2, 0.25) is 0 Å². The second-order valence-electron chi connectivity index (χ2n) is 6.69. The van der Waals surface area contributed by atoms with E-state index in [1.807, 2.05) is 30.7 Å². The highest BCUT2D eigenvalue weighted by Gasteiger charge is 2.42. The summed E-state index contributed by atoms with van der Waals surface area (Å²) >= 11 is 0. The van der Waals surface area contributed by atoms with Crippen molar-refractivity contribution in [1.29, 1.82) is 0 Å². The Bertz CT molecular complexity index is 636. The number of anilines is 1. The molecular weight excluding hydrogens is 300 g/mol. The quantitative estimate of drug-likeness (QED) is 0.916. The summed E-state index contributed by atoms with van der Waals surface area (Å²) in [7, 11) is 0. The van der Waals surface area contributed by atoms with Crippen molar-refractivity contribution in [2.75, 3.05) is 25.0 Å². The fourth-order valence-electron chi connectivity index (χ4n) is 3.99. The molecule has 1 N–H and O–H groups in total. The number of aromatic nitrogens is 2. The first-order chi connectivity index (χ1) is 11.9. The molecule has 0 radical (unpaired) electrons. The fourth-order valence-corrected chi connectivity index (χ4v) is 3.99. The zero-order chi connectivity index (χ0) is 16.2. The SMILES string of the molecule is c1cncc(CN2CCO[C@@H]3[C@@H](CNc4cccnc4)CC[C@H]32)c1. The maximum Gasteiger partial charge on any atom is 0.0775 e. The van der Waals surface area contributed by atoms with E-state index in [1.165, 1.54) is 18.4 Å². The molecule has 0 unspecified atom stereocenters. The molecule has 4 rings (SSSR count). The lowest BCUT2D eigenvalue weighted by Crippen LogP contribution is -2.50. The molecule has 5 heteroatoms. The second-order valence-corrected chi connectivity index (χ2v) is 6.69. The Morgan fingerprint density at radius 2 is 2.00 bits per heavy atom. The number of fused-ring (bicyclic) bond motifs is 1. The maximum absolute atomic E-state index is 6.16. The number of nitrogens with zero attached hydrogens (tertiary/aromatic N) is 3. The third kappa shape index (κ3) is 3.42. The molecule has 2 fully saturated rings. The van der Waals surface area contributed by atoms with E-state index >= 15 is 0 Å². The lowest BCUT2D eigenvalue weighted by atomic mass is 10.0. The molecule has 0 bridgehead atoms. The van der Waals surface area contributed by atoms with Crippen LogP contribution >= 0.6 is 0 Å². The summed E-state index contributed by atoms with van der Waals surface area (Å²) in [6.45, 7) is 3.76. The van der Waals surface area contributed by atoms with Gasteiger partial charge >= 0.3 is 0 Å².